The molecule has 2 unspecified atom stereocenters. The van der Waals surface area contributed by atoms with Crippen molar-refractivity contribution in [2.24, 2.45) is 17.3 Å². The topological polar surface area (TPSA) is 81.2 Å². The number of carbonyl (C=O) groups excluding carboxylic acids is 3. The van der Waals surface area contributed by atoms with Crippen molar-refractivity contribution in [1.82, 2.24) is 14.7 Å². The molecule has 1 spiro atoms. The fraction of sp³-hybridized carbons (Fsp3) is 0.606. The number of aliphatic hydroxyl groups is 1. The Bertz CT molecular complexity index is 1160. The maximum Gasteiger partial charge on any atom is 0.247 e. The molecular formula is C33H47N3O4S. The summed E-state index contributed by atoms with van der Waals surface area (Å²) >= 11 is 1.67. The third kappa shape index (κ3) is 5.87. The number of fused-ring (bicyclic) bond motifs is 1. The molecule has 2 bridgehead atoms. The second kappa shape index (κ2) is 12.0. The minimum absolute atomic E-state index is 0.0221. The van der Waals surface area contributed by atoms with Gasteiger partial charge in [0.15, 0.2) is 0 Å². The number of rotatable bonds is 12. The van der Waals surface area contributed by atoms with Crippen LogP contribution in [0.1, 0.15) is 59.4 Å². The fourth-order valence-electron chi connectivity index (χ4n) is 7.77. The molecule has 1 N–H and O–H groups in total. The second-order valence-corrected chi connectivity index (χ2v) is 15.2. The summed E-state index contributed by atoms with van der Waals surface area (Å²) < 4.78 is -0.696. The molecule has 3 aliphatic rings. The zero-order valence-electron chi connectivity index (χ0n) is 25.3. The molecule has 3 amide bonds. The van der Waals surface area contributed by atoms with Crippen LogP contribution in [0.4, 0.5) is 0 Å². The molecule has 3 heterocycles. The number of thioether (sulfide) groups is 1. The van der Waals surface area contributed by atoms with E-state index in [1.54, 1.807) is 33.7 Å². The highest BCUT2D eigenvalue weighted by atomic mass is 32.2. The van der Waals surface area contributed by atoms with E-state index < -0.39 is 28.2 Å². The molecule has 5 atom stereocenters. The zero-order chi connectivity index (χ0) is 30.2. The molecule has 8 heteroatoms. The molecule has 0 saturated carbocycles. The standard InChI is InChI=1S/C33H47N3O4S/c1-8-17-34(21-23-13-11-10-12-14-23)28(38)25-24-15-16-33(41-24)26(25)29(39)35(19-20-37)27(33)30(40)36(18-9-2)32(6,7)22-31(3,4)5/h8-14,24-27,37H,1-2,15-22H2,3-7H3/t24-,25+,26+,27?,33?/m1/s1. The van der Waals surface area contributed by atoms with E-state index in [1.165, 1.54) is 0 Å². The average molecular weight is 582 g/mol. The minimum atomic E-state index is -0.735. The summed E-state index contributed by atoms with van der Waals surface area (Å²) in [5.74, 6) is -1.47. The first-order chi connectivity index (χ1) is 19.3. The summed E-state index contributed by atoms with van der Waals surface area (Å²) in [4.78, 5) is 48.4. The molecule has 4 rings (SSSR count). The minimum Gasteiger partial charge on any atom is -0.395 e. The molecule has 0 radical (unpaired) electrons. The number of nitrogens with zero attached hydrogens (tertiary/aromatic N) is 3. The predicted octanol–water partition coefficient (Wildman–Crippen LogP) is 4.51. The van der Waals surface area contributed by atoms with Gasteiger partial charge in [0.05, 0.1) is 23.2 Å². The molecule has 0 aromatic heterocycles. The van der Waals surface area contributed by atoms with E-state index in [0.717, 1.165) is 18.4 Å². The van der Waals surface area contributed by atoms with Crippen molar-refractivity contribution in [3.63, 3.8) is 0 Å². The van der Waals surface area contributed by atoms with Crippen LogP contribution in [0, 0.1) is 17.3 Å². The van der Waals surface area contributed by atoms with Gasteiger partial charge in [0.25, 0.3) is 0 Å². The van der Waals surface area contributed by atoms with E-state index >= 15 is 0 Å². The highest BCUT2D eigenvalue weighted by molar-refractivity contribution is 8.02. The van der Waals surface area contributed by atoms with Crippen LogP contribution in [0.3, 0.4) is 0 Å². The van der Waals surface area contributed by atoms with Gasteiger partial charge in [-0.2, -0.15) is 0 Å². The molecule has 0 aliphatic carbocycles. The molecular weight excluding hydrogens is 534 g/mol. The van der Waals surface area contributed by atoms with E-state index in [0.29, 0.717) is 26.1 Å². The number of β-amino-alcohol motifs (C(OH)–C–C–N with tert-alkyl or cyclic N) is 1. The molecule has 41 heavy (non-hydrogen) atoms. The third-order valence-electron chi connectivity index (χ3n) is 8.81. The number of carbonyl (C=O) groups is 3. The van der Waals surface area contributed by atoms with Crippen LogP contribution in [-0.4, -0.2) is 85.3 Å². The lowest BCUT2D eigenvalue weighted by atomic mass is 9.70. The van der Waals surface area contributed by atoms with E-state index in [4.69, 9.17) is 0 Å². The molecule has 3 saturated heterocycles. The number of hydrogen-bond acceptors (Lipinski definition) is 5. The van der Waals surface area contributed by atoms with Crippen molar-refractivity contribution in [3.05, 3.63) is 61.2 Å². The van der Waals surface area contributed by atoms with Crippen LogP contribution in [0.2, 0.25) is 0 Å². The summed E-state index contributed by atoms with van der Waals surface area (Å²) in [5, 5.41) is 9.97. The summed E-state index contributed by atoms with van der Waals surface area (Å²) in [5.41, 5.74) is 0.507. The Morgan fingerprint density at radius 2 is 1.76 bits per heavy atom. The lowest BCUT2D eigenvalue weighted by molar-refractivity contribution is -0.147. The maximum atomic E-state index is 14.7. The maximum absolute atomic E-state index is 14.7. The van der Waals surface area contributed by atoms with E-state index in [9.17, 15) is 19.5 Å². The SMILES string of the molecule is C=CCN(Cc1ccccc1)C(=O)[C@@H]1[C@H]2C(=O)N(CCO)C(C(=O)N(CC=C)C(C)(C)CC(C)(C)C)C23CC[C@H]1S3. The Labute approximate surface area is 250 Å². The van der Waals surface area contributed by atoms with Crippen molar-refractivity contribution >= 4 is 29.5 Å². The number of amides is 3. The van der Waals surface area contributed by atoms with Crippen molar-refractivity contribution in [1.29, 1.82) is 0 Å². The average Bonchev–Trinajstić information content (AvgIpc) is 3.53. The van der Waals surface area contributed by atoms with Gasteiger partial charge in [-0.1, -0.05) is 63.3 Å². The van der Waals surface area contributed by atoms with Gasteiger partial charge in [-0.3, -0.25) is 14.4 Å². The Hall–Kier alpha value is -2.58. The van der Waals surface area contributed by atoms with Crippen LogP contribution < -0.4 is 0 Å². The third-order valence-corrected chi connectivity index (χ3v) is 10.8. The lowest BCUT2D eigenvalue weighted by Gasteiger charge is -2.46. The summed E-state index contributed by atoms with van der Waals surface area (Å²) in [6.45, 7) is 19.4. The molecule has 7 nitrogen and oxygen atoms in total. The normalized spacial score (nSPS) is 27.1. The Balaban J connectivity index is 1.71. The number of benzene rings is 1. The highest BCUT2D eigenvalue weighted by Gasteiger charge is 2.74. The lowest BCUT2D eigenvalue weighted by Crippen LogP contribution is -2.60. The van der Waals surface area contributed by atoms with Crippen LogP contribution >= 0.6 is 11.8 Å². The van der Waals surface area contributed by atoms with Crippen LogP contribution in [0.5, 0.6) is 0 Å². The fourth-order valence-corrected chi connectivity index (χ4v) is 9.98. The second-order valence-electron chi connectivity index (χ2n) is 13.6. The first-order valence-electron chi connectivity index (χ1n) is 14.8. The number of hydrogen-bond donors (Lipinski definition) is 1. The molecule has 3 fully saturated rings. The quantitative estimate of drug-likeness (QED) is 0.368. The number of likely N-dealkylation sites (tertiary alicyclic amines) is 1. The highest BCUT2D eigenvalue weighted by Crippen LogP contribution is 2.66. The Kier molecular flexibility index (Phi) is 9.15. The van der Waals surface area contributed by atoms with Gasteiger partial charge in [-0.05, 0) is 44.1 Å². The first kappa shape index (κ1) is 31.4. The molecule has 224 valence electrons. The first-order valence-corrected chi connectivity index (χ1v) is 15.6. The van der Waals surface area contributed by atoms with E-state index in [2.05, 4.69) is 47.8 Å². The van der Waals surface area contributed by atoms with Crippen molar-refractivity contribution in [3.8, 4) is 0 Å². The van der Waals surface area contributed by atoms with Gasteiger partial charge >= 0.3 is 0 Å². The monoisotopic (exact) mass is 581 g/mol. The molecule has 3 aliphatic heterocycles. The smallest absolute Gasteiger partial charge is 0.247 e. The summed E-state index contributed by atoms with van der Waals surface area (Å²) in [6, 6.07) is 9.10. The largest absolute Gasteiger partial charge is 0.395 e. The predicted molar refractivity (Wildman–Crippen MR) is 165 cm³/mol. The zero-order valence-corrected chi connectivity index (χ0v) is 26.2. The van der Waals surface area contributed by atoms with Gasteiger partial charge in [-0.25, -0.2) is 0 Å². The summed E-state index contributed by atoms with van der Waals surface area (Å²) in [7, 11) is 0. The van der Waals surface area contributed by atoms with Crippen LogP contribution in [0.25, 0.3) is 0 Å². The van der Waals surface area contributed by atoms with Gasteiger partial charge < -0.3 is 19.8 Å². The van der Waals surface area contributed by atoms with Gasteiger partial charge in [-0.15, -0.1) is 24.9 Å². The van der Waals surface area contributed by atoms with Crippen molar-refractivity contribution < 1.29 is 19.5 Å². The van der Waals surface area contributed by atoms with Gasteiger partial charge in [0.2, 0.25) is 17.7 Å². The number of aliphatic hydroxyl groups excluding tert-OH is 1. The van der Waals surface area contributed by atoms with Gasteiger partial charge in [0.1, 0.15) is 6.04 Å². The summed E-state index contributed by atoms with van der Waals surface area (Å²) in [6.07, 6.45) is 5.71. The van der Waals surface area contributed by atoms with Gasteiger partial charge in [0, 0.05) is 37.0 Å². The molecule has 1 aromatic carbocycles. The van der Waals surface area contributed by atoms with E-state index in [-0.39, 0.29) is 41.5 Å². The van der Waals surface area contributed by atoms with Crippen molar-refractivity contribution in [2.45, 2.75) is 82.0 Å². The van der Waals surface area contributed by atoms with E-state index in [1.807, 2.05) is 35.2 Å². The molecule has 1 aromatic rings. The Morgan fingerprint density at radius 1 is 1.10 bits per heavy atom. The van der Waals surface area contributed by atoms with Crippen LogP contribution in [-0.2, 0) is 20.9 Å². The van der Waals surface area contributed by atoms with Crippen molar-refractivity contribution in [2.75, 3.05) is 26.2 Å². The Morgan fingerprint density at radius 3 is 2.34 bits per heavy atom. The van der Waals surface area contributed by atoms with Crippen LogP contribution in [0.15, 0.2) is 55.6 Å².